The molecule has 150 valence electrons. The number of nitrogens with zero attached hydrogens (tertiary/aromatic N) is 6. The van der Waals surface area contributed by atoms with Crippen LogP contribution in [0.2, 0.25) is 0 Å². The standard InChI is InChI=1S/C18H15F3N6O2/c1-17(2,28)9-27-14-4-3-10(7-13(14)24-26-27)15-23-16(29-25-15)11-5-6-22-8-12(11)18(19,20)21/h3-8,28H,9H2,1-2H3. The summed E-state index contributed by atoms with van der Waals surface area (Å²) in [4.78, 5) is 7.62. The highest BCUT2D eigenvalue weighted by atomic mass is 19.4. The molecular formula is C18H15F3N6O2. The highest BCUT2D eigenvalue weighted by Crippen LogP contribution is 2.36. The molecule has 4 rings (SSSR count). The third-order valence-corrected chi connectivity index (χ3v) is 4.09. The number of aromatic nitrogens is 6. The van der Waals surface area contributed by atoms with Gasteiger partial charge in [0.05, 0.1) is 28.8 Å². The van der Waals surface area contributed by atoms with Gasteiger partial charge in [-0.2, -0.15) is 18.2 Å². The normalized spacial score (nSPS) is 12.6. The van der Waals surface area contributed by atoms with E-state index >= 15 is 0 Å². The Balaban J connectivity index is 1.70. The van der Waals surface area contributed by atoms with E-state index in [2.05, 4.69) is 25.4 Å². The Bertz CT molecular complexity index is 1180. The Kier molecular flexibility index (Phi) is 4.34. The monoisotopic (exact) mass is 404 g/mol. The van der Waals surface area contributed by atoms with E-state index in [0.717, 1.165) is 0 Å². The quantitative estimate of drug-likeness (QED) is 0.556. The number of hydrogen-bond acceptors (Lipinski definition) is 7. The first-order chi connectivity index (χ1) is 13.6. The van der Waals surface area contributed by atoms with Gasteiger partial charge in [0.1, 0.15) is 5.52 Å². The number of rotatable bonds is 4. The minimum Gasteiger partial charge on any atom is -0.389 e. The summed E-state index contributed by atoms with van der Waals surface area (Å²) in [6, 6.07) is 6.22. The first-order valence-corrected chi connectivity index (χ1v) is 8.53. The molecule has 1 aromatic carbocycles. The number of hydrogen-bond donors (Lipinski definition) is 1. The van der Waals surface area contributed by atoms with Gasteiger partial charge in [-0.1, -0.05) is 10.4 Å². The molecule has 0 bridgehead atoms. The van der Waals surface area contributed by atoms with Gasteiger partial charge in [0.15, 0.2) is 0 Å². The fourth-order valence-electron chi connectivity index (χ4n) is 2.85. The highest BCUT2D eigenvalue weighted by Gasteiger charge is 2.35. The molecule has 4 aromatic rings. The zero-order chi connectivity index (χ0) is 20.8. The van der Waals surface area contributed by atoms with Crippen molar-refractivity contribution in [2.24, 2.45) is 0 Å². The van der Waals surface area contributed by atoms with E-state index in [9.17, 15) is 18.3 Å². The van der Waals surface area contributed by atoms with E-state index in [4.69, 9.17) is 4.52 Å². The largest absolute Gasteiger partial charge is 0.418 e. The number of fused-ring (bicyclic) bond motifs is 1. The molecule has 11 heteroatoms. The topological polar surface area (TPSA) is 103 Å². The lowest BCUT2D eigenvalue weighted by Gasteiger charge is -2.16. The molecule has 1 N–H and O–H groups in total. The van der Waals surface area contributed by atoms with E-state index in [-0.39, 0.29) is 23.8 Å². The summed E-state index contributed by atoms with van der Waals surface area (Å²) >= 11 is 0. The molecule has 29 heavy (non-hydrogen) atoms. The Morgan fingerprint density at radius 3 is 2.69 bits per heavy atom. The molecule has 0 spiro atoms. The average Bonchev–Trinajstić information content (AvgIpc) is 3.27. The van der Waals surface area contributed by atoms with Crippen LogP contribution in [0.3, 0.4) is 0 Å². The van der Waals surface area contributed by atoms with Crippen LogP contribution in [0.1, 0.15) is 19.4 Å². The van der Waals surface area contributed by atoms with Gasteiger partial charge in [-0.05, 0) is 38.1 Å². The summed E-state index contributed by atoms with van der Waals surface area (Å²) in [6.45, 7) is 3.56. The zero-order valence-electron chi connectivity index (χ0n) is 15.3. The predicted molar refractivity (Wildman–Crippen MR) is 95.4 cm³/mol. The van der Waals surface area contributed by atoms with Crippen LogP contribution in [0.4, 0.5) is 13.2 Å². The summed E-state index contributed by atoms with van der Waals surface area (Å²) < 4.78 is 46.2. The third-order valence-electron chi connectivity index (χ3n) is 4.09. The molecule has 0 unspecified atom stereocenters. The second-order valence-electron chi connectivity index (χ2n) is 7.11. The molecule has 0 atom stereocenters. The second-order valence-corrected chi connectivity index (χ2v) is 7.11. The van der Waals surface area contributed by atoms with Gasteiger partial charge in [0.25, 0.3) is 5.89 Å². The molecule has 0 amide bonds. The van der Waals surface area contributed by atoms with E-state index in [1.165, 1.54) is 12.3 Å². The molecule has 0 saturated heterocycles. The molecule has 0 radical (unpaired) electrons. The second kappa shape index (κ2) is 6.62. The van der Waals surface area contributed by atoms with Crippen LogP contribution in [0.5, 0.6) is 0 Å². The van der Waals surface area contributed by atoms with Crippen molar-refractivity contribution in [1.29, 1.82) is 0 Å². The van der Waals surface area contributed by atoms with Crippen LogP contribution in [-0.2, 0) is 12.7 Å². The van der Waals surface area contributed by atoms with Crippen molar-refractivity contribution < 1.29 is 22.8 Å². The summed E-state index contributed by atoms with van der Waals surface area (Å²) in [5.74, 6) is -0.149. The minimum absolute atomic E-state index is 0.115. The Morgan fingerprint density at radius 1 is 1.17 bits per heavy atom. The molecule has 0 aliphatic carbocycles. The van der Waals surface area contributed by atoms with Crippen LogP contribution < -0.4 is 0 Å². The molecule has 0 aliphatic rings. The van der Waals surface area contributed by atoms with Crippen LogP contribution in [-0.4, -0.2) is 40.8 Å². The van der Waals surface area contributed by atoms with Gasteiger partial charge >= 0.3 is 6.18 Å². The highest BCUT2D eigenvalue weighted by molar-refractivity contribution is 5.80. The number of pyridine rings is 1. The van der Waals surface area contributed by atoms with Crippen molar-refractivity contribution >= 4 is 11.0 Å². The first kappa shape index (κ1) is 19.0. The lowest BCUT2D eigenvalue weighted by Crippen LogP contribution is -2.26. The molecular weight excluding hydrogens is 389 g/mol. The fraction of sp³-hybridized carbons (Fsp3) is 0.278. The number of halogens is 3. The maximum atomic E-state index is 13.2. The van der Waals surface area contributed by atoms with Crippen LogP contribution in [0, 0.1) is 0 Å². The van der Waals surface area contributed by atoms with E-state index in [0.29, 0.717) is 22.8 Å². The van der Waals surface area contributed by atoms with Gasteiger partial charge in [0.2, 0.25) is 5.82 Å². The minimum atomic E-state index is -4.60. The summed E-state index contributed by atoms with van der Waals surface area (Å²) in [5, 5.41) is 21.8. The molecule has 0 fully saturated rings. The lowest BCUT2D eigenvalue weighted by molar-refractivity contribution is -0.137. The molecule has 0 saturated carbocycles. The van der Waals surface area contributed by atoms with Crippen molar-refractivity contribution in [1.82, 2.24) is 30.1 Å². The molecule has 8 nitrogen and oxygen atoms in total. The third kappa shape index (κ3) is 3.81. The lowest BCUT2D eigenvalue weighted by atomic mass is 10.1. The SMILES string of the molecule is CC(C)(O)Cn1nnc2cc(-c3noc(-c4ccncc4C(F)(F)F)n3)ccc21. The van der Waals surface area contributed by atoms with Crippen LogP contribution in [0.25, 0.3) is 33.9 Å². The van der Waals surface area contributed by atoms with E-state index < -0.39 is 17.3 Å². The van der Waals surface area contributed by atoms with Gasteiger partial charge in [-0.15, -0.1) is 5.10 Å². The van der Waals surface area contributed by atoms with Gasteiger partial charge < -0.3 is 9.63 Å². The zero-order valence-corrected chi connectivity index (χ0v) is 15.3. The summed E-state index contributed by atoms with van der Waals surface area (Å²) in [6.07, 6.45) is -2.66. The Hall–Kier alpha value is -3.34. The van der Waals surface area contributed by atoms with E-state index in [1.807, 2.05) is 0 Å². The van der Waals surface area contributed by atoms with Gasteiger partial charge in [-0.3, -0.25) is 4.98 Å². The smallest absolute Gasteiger partial charge is 0.389 e. The summed E-state index contributed by atoms with van der Waals surface area (Å²) in [5.41, 5.74) is -0.456. The van der Waals surface area contributed by atoms with Crippen molar-refractivity contribution in [3.05, 3.63) is 42.2 Å². The molecule has 3 heterocycles. The van der Waals surface area contributed by atoms with E-state index in [1.54, 1.807) is 36.7 Å². The maximum Gasteiger partial charge on any atom is 0.418 e. The van der Waals surface area contributed by atoms with Crippen LogP contribution >= 0.6 is 0 Å². The van der Waals surface area contributed by atoms with Crippen molar-refractivity contribution in [3.63, 3.8) is 0 Å². The summed E-state index contributed by atoms with van der Waals surface area (Å²) in [7, 11) is 0. The molecule has 0 aliphatic heterocycles. The van der Waals surface area contributed by atoms with Gasteiger partial charge in [-0.25, -0.2) is 4.68 Å². The fourth-order valence-corrected chi connectivity index (χ4v) is 2.85. The van der Waals surface area contributed by atoms with Crippen LogP contribution in [0.15, 0.2) is 41.2 Å². The molecule has 3 aromatic heterocycles. The predicted octanol–water partition coefficient (Wildman–Crippen LogP) is 3.33. The number of benzene rings is 1. The Morgan fingerprint density at radius 2 is 1.97 bits per heavy atom. The number of alkyl halides is 3. The van der Waals surface area contributed by atoms with Gasteiger partial charge in [0, 0.05) is 18.0 Å². The van der Waals surface area contributed by atoms with Crippen molar-refractivity contribution in [3.8, 4) is 22.8 Å². The van der Waals surface area contributed by atoms with Crippen molar-refractivity contribution in [2.75, 3.05) is 0 Å². The van der Waals surface area contributed by atoms with Crippen molar-refractivity contribution in [2.45, 2.75) is 32.2 Å². The first-order valence-electron chi connectivity index (χ1n) is 8.53. The maximum absolute atomic E-state index is 13.2. The number of aliphatic hydroxyl groups is 1. The Labute approximate surface area is 162 Å². The average molecular weight is 404 g/mol.